The van der Waals surface area contributed by atoms with Crippen LogP contribution < -0.4 is 4.74 Å². The molecule has 0 aliphatic heterocycles. The van der Waals surface area contributed by atoms with Crippen LogP contribution in [0.1, 0.15) is 23.0 Å². The first-order valence-electron chi connectivity index (χ1n) is 4.27. The first-order chi connectivity index (χ1) is 6.22. The van der Waals surface area contributed by atoms with Crippen LogP contribution in [0.3, 0.4) is 0 Å². The Bertz CT molecular complexity index is 334. The van der Waals surface area contributed by atoms with E-state index in [1.165, 1.54) is 11.5 Å². The van der Waals surface area contributed by atoms with E-state index in [1.807, 2.05) is 0 Å². The summed E-state index contributed by atoms with van der Waals surface area (Å²) >= 11 is 1.23. The Kier molecular flexibility index (Phi) is 2.07. The third kappa shape index (κ3) is 1.58. The van der Waals surface area contributed by atoms with Crippen molar-refractivity contribution in [3.63, 3.8) is 0 Å². The Morgan fingerprint density at radius 2 is 2.46 bits per heavy atom. The SMILES string of the molecule is COc1cc(C(=O)C2CC2C)sn1. The van der Waals surface area contributed by atoms with Gasteiger partial charge in [-0.3, -0.25) is 4.79 Å². The molecule has 0 bridgehead atoms. The average Bonchev–Trinajstić information content (AvgIpc) is 2.70. The molecule has 0 spiro atoms. The number of hydrogen-bond donors (Lipinski definition) is 0. The minimum atomic E-state index is 0.230. The number of ether oxygens (including phenoxy) is 1. The second-order valence-corrected chi connectivity index (χ2v) is 4.22. The number of aromatic nitrogens is 1. The van der Waals surface area contributed by atoms with Gasteiger partial charge in [0.15, 0.2) is 5.78 Å². The van der Waals surface area contributed by atoms with Gasteiger partial charge in [-0.05, 0) is 23.9 Å². The summed E-state index contributed by atoms with van der Waals surface area (Å²) in [5.74, 6) is 1.57. The zero-order chi connectivity index (χ0) is 9.42. The molecule has 1 heterocycles. The summed E-state index contributed by atoms with van der Waals surface area (Å²) in [5, 5.41) is 0. The Hall–Kier alpha value is -0.900. The molecule has 70 valence electrons. The molecule has 13 heavy (non-hydrogen) atoms. The summed E-state index contributed by atoms with van der Waals surface area (Å²) in [5.41, 5.74) is 0. The predicted octanol–water partition coefficient (Wildman–Crippen LogP) is 1.99. The minimum Gasteiger partial charge on any atom is -0.480 e. The molecular formula is C9H11NO2S. The quantitative estimate of drug-likeness (QED) is 0.696. The fraction of sp³-hybridized carbons (Fsp3) is 0.556. The Morgan fingerprint density at radius 3 is 2.92 bits per heavy atom. The summed E-state index contributed by atoms with van der Waals surface area (Å²) in [7, 11) is 1.56. The lowest BCUT2D eigenvalue weighted by atomic mass is 10.2. The van der Waals surface area contributed by atoms with Crippen molar-refractivity contribution in [2.75, 3.05) is 7.11 Å². The van der Waals surface area contributed by atoms with Crippen molar-refractivity contribution < 1.29 is 9.53 Å². The Labute approximate surface area is 80.9 Å². The van der Waals surface area contributed by atoms with Crippen LogP contribution in [-0.2, 0) is 0 Å². The Balaban J connectivity index is 2.11. The second kappa shape index (κ2) is 3.10. The maximum absolute atomic E-state index is 11.7. The van der Waals surface area contributed by atoms with Crippen LogP contribution >= 0.6 is 11.5 Å². The number of rotatable bonds is 3. The van der Waals surface area contributed by atoms with Crippen LogP contribution in [0.25, 0.3) is 0 Å². The van der Waals surface area contributed by atoms with Gasteiger partial charge >= 0.3 is 0 Å². The van der Waals surface area contributed by atoms with Crippen LogP contribution in [0.15, 0.2) is 6.07 Å². The van der Waals surface area contributed by atoms with Gasteiger partial charge in [0, 0.05) is 12.0 Å². The smallest absolute Gasteiger partial charge is 0.225 e. The van der Waals surface area contributed by atoms with E-state index in [9.17, 15) is 4.79 Å². The fourth-order valence-electron chi connectivity index (χ4n) is 1.34. The number of methoxy groups -OCH3 is 1. The zero-order valence-electron chi connectivity index (χ0n) is 7.61. The molecule has 1 aliphatic rings. The lowest BCUT2D eigenvalue weighted by Crippen LogP contribution is -1.99. The van der Waals surface area contributed by atoms with E-state index < -0.39 is 0 Å². The molecule has 3 nitrogen and oxygen atoms in total. The molecule has 1 aromatic heterocycles. The summed E-state index contributed by atoms with van der Waals surface area (Å²) in [6, 6.07) is 1.72. The van der Waals surface area contributed by atoms with E-state index in [-0.39, 0.29) is 11.7 Å². The number of ketones is 1. The van der Waals surface area contributed by atoms with Crippen molar-refractivity contribution in [3.05, 3.63) is 10.9 Å². The number of carbonyl (C=O) groups excluding carboxylic acids is 1. The third-order valence-electron chi connectivity index (χ3n) is 2.39. The molecule has 0 amide bonds. The van der Waals surface area contributed by atoms with Crippen LogP contribution in [-0.4, -0.2) is 17.3 Å². The molecule has 4 heteroatoms. The lowest BCUT2D eigenvalue weighted by molar-refractivity contribution is 0.0966. The van der Waals surface area contributed by atoms with Crippen molar-refractivity contribution in [2.45, 2.75) is 13.3 Å². The van der Waals surface area contributed by atoms with E-state index in [2.05, 4.69) is 11.3 Å². The highest BCUT2D eigenvalue weighted by molar-refractivity contribution is 7.08. The number of Topliss-reactive ketones (excluding diaryl/α,β-unsaturated/α-hetero) is 1. The van der Waals surface area contributed by atoms with Gasteiger partial charge in [-0.15, -0.1) is 0 Å². The molecule has 0 aromatic carbocycles. The van der Waals surface area contributed by atoms with Crippen LogP contribution in [0, 0.1) is 11.8 Å². The molecule has 2 atom stereocenters. The normalized spacial score (nSPS) is 25.7. The van der Waals surface area contributed by atoms with E-state index >= 15 is 0 Å². The highest BCUT2D eigenvalue weighted by Crippen LogP contribution is 2.41. The van der Waals surface area contributed by atoms with E-state index in [0.717, 1.165) is 11.3 Å². The van der Waals surface area contributed by atoms with Gasteiger partial charge in [0.25, 0.3) is 0 Å². The van der Waals surface area contributed by atoms with Crippen molar-refractivity contribution in [2.24, 2.45) is 11.8 Å². The summed E-state index contributed by atoms with van der Waals surface area (Å²) < 4.78 is 8.91. The highest BCUT2D eigenvalue weighted by atomic mass is 32.1. The molecule has 1 aromatic rings. The molecule has 0 radical (unpaired) electrons. The predicted molar refractivity (Wildman–Crippen MR) is 50.3 cm³/mol. The van der Waals surface area contributed by atoms with Crippen molar-refractivity contribution in [1.29, 1.82) is 0 Å². The molecule has 2 rings (SSSR count). The van der Waals surface area contributed by atoms with Gasteiger partial charge < -0.3 is 4.74 Å². The molecule has 0 N–H and O–H groups in total. The monoisotopic (exact) mass is 197 g/mol. The van der Waals surface area contributed by atoms with Gasteiger partial charge in [0.05, 0.1) is 12.0 Å². The molecule has 1 saturated carbocycles. The van der Waals surface area contributed by atoms with Gasteiger partial charge in [0.2, 0.25) is 5.88 Å². The fourth-order valence-corrected chi connectivity index (χ4v) is 2.05. The third-order valence-corrected chi connectivity index (χ3v) is 3.17. The molecule has 1 fully saturated rings. The topological polar surface area (TPSA) is 39.2 Å². The number of hydrogen-bond acceptors (Lipinski definition) is 4. The van der Waals surface area contributed by atoms with Crippen molar-refractivity contribution in [1.82, 2.24) is 4.37 Å². The second-order valence-electron chi connectivity index (χ2n) is 3.42. The summed E-state index contributed by atoms with van der Waals surface area (Å²) in [6.07, 6.45) is 1.03. The first-order valence-corrected chi connectivity index (χ1v) is 5.04. The van der Waals surface area contributed by atoms with Crippen LogP contribution in [0.5, 0.6) is 5.88 Å². The summed E-state index contributed by atoms with van der Waals surface area (Å²) in [6.45, 7) is 2.10. The minimum absolute atomic E-state index is 0.230. The van der Waals surface area contributed by atoms with Crippen LogP contribution in [0.2, 0.25) is 0 Å². The maximum Gasteiger partial charge on any atom is 0.225 e. The molecule has 1 aliphatic carbocycles. The average molecular weight is 197 g/mol. The van der Waals surface area contributed by atoms with E-state index in [1.54, 1.807) is 13.2 Å². The standard InChI is InChI=1S/C9H11NO2S/c1-5-3-6(5)9(11)7-4-8(12-2)10-13-7/h4-6H,3H2,1-2H3. The lowest BCUT2D eigenvalue weighted by Gasteiger charge is -1.91. The van der Waals surface area contributed by atoms with E-state index in [0.29, 0.717) is 11.8 Å². The van der Waals surface area contributed by atoms with E-state index in [4.69, 9.17) is 4.74 Å². The van der Waals surface area contributed by atoms with Crippen molar-refractivity contribution in [3.8, 4) is 5.88 Å². The van der Waals surface area contributed by atoms with Gasteiger partial charge in [0.1, 0.15) is 0 Å². The van der Waals surface area contributed by atoms with Gasteiger partial charge in [-0.2, -0.15) is 4.37 Å². The molecular weight excluding hydrogens is 186 g/mol. The first kappa shape index (κ1) is 8.69. The molecule has 2 unspecified atom stereocenters. The highest BCUT2D eigenvalue weighted by Gasteiger charge is 2.40. The number of nitrogens with zero attached hydrogens (tertiary/aromatic N) is 1. The largest absolute Gasteiger partial charge is 0.480 e. The summed E-state index contributed by atoms with van der Waals surface area (Å²) in [4.78, 5) is 12.4. The van der Waals surface area contributed by atoms with Crippen LogP contribution in [0.4, 0.5) is 0 Å². The maximum atomic E-state index is 11.7. The zero-order valence-corrected chi connectivity index (χ0v) is 8.43. The van der Waals surface area contributed by atoms with Gasteiger partial charge in [-0.1, -0.05) is 6.92 Å². The van der Waals surface area contributed by atoms with Crippen molar-refractivity contribution >= 4 is 17.3 Å². The Morgan fingerprint density at radius 1 is 1.77 bits per heavy atom. The molecule has 0 saturated heterocycles. The van der Waals surface area contributed by atoms with Gasteiger partial charge in [-0.25, -0.2) is 0 Å². The number of carbonyl (C=O) groups is 1.